The van der Waals surface area contributed by atoms with E-state index in [1.54, 1.807) is 20.3 Å². The minimum Gasteiger partial charge on any atom is -0.493 e. The van der Waals surface area contributed by atoms with E-state index in [4.69, 9.17) is 9.47 Å². The van der Waals surface area contributed by atoms with Gasteiger partial charge in [-0.3, -0.25) is 0 Å². The topological polar surface area (TPSA) is 79.8 Å². The fourth-order valence-corrected chi connectivity index (χ4v) is 3.08. The van der Waals surface area contributed by atoms with Gasteiger partial charge in [-0.25, -0.2) is 4.79 Å². The summed E-state index contributed by atoms with van der Waals surface area (Å²) in [6, 6.07) is 18.7. The number of urea groups is 1. The van der Waals surface area contributed by atoms with Gasteiger partial charge in [0.05, 0.1) is 20.3 Å². The van der Waals surface area contributed by atoms with Crippen molar-refractivity contribution in [3.8, 4) is 11.5 Å². The molecule has 0 aromatic heterocycles. The number of amides is 2. The number of hydrogen-bond donors (Lipinski definition) is 3. The summed E-state index contributed by atoms with van der Waals surface area (Å²) < 4.78 is 10.5. The van der Waals surface area contributed by atoms with E-state index in [1.807, 2.05) is 54.6 Å². The van der Waals surface area contributed by atoms with Crippen LogP contribution in [0.5, 0.6) is 11.5 Å². The largest absolute Gasteiger partial charge is 0.493 e. The lowest BCUT2D eigenvalue weighted by Crippen LogP contribution is -2.37. The van der Waals surface area contributed by atoms with Crippen LogP contribution in [-0.4, -0.2) is 31.9 Å². The quantitative estimate of drug-likeness (QED) is 0.587. The molecule has 1 atom stereocenters. The molecule has 3 N–H and O–H groups in total. The predicted molar refractivity (Wildman–Crippen MR) is 109 cm³/mol. The zero-order chi connectivity index (χ0) is 19.9. The van der Waals surface area contributed by atoms with Gasteiger partial charge in [0.2, 0.25) is 0 Å². The zero-order valence-corrected chi connectivity index (χ0v) is 15.9. The average molecular weight is 380 g/mol. The highest BCUT2D eigenvalue weighted by Gasteiger charge is 2.12. The number of aliphatic hydroxyl groups is 1. The van der Waals surface area contributed by atoms with E-state index >= 15 is 0 Å². The zero-order valence-electron chi connectivity index (χ0n) is 15.9. The molecule has 146 valence electrons. The summed E-state index contributed by atoms with van der Waals surface area (Å²) >= 11 is 0. The molecule has 0 spiro atoms. The van der Waals surface area contributed by atoms with Crippen LogP contribution in [0.25, 0.3) is 10.8 Å². The van der Waals surface area contributed by atoms with Crippen molar-refractivity contribution in [3.05, 3.63) is 71.8 Å². The van der Waals surface area contributed by atoms with Crippen LogP contribution >= 0.6 is 0 Å². The van der Waals surface area contributed by atoms with Crippen LogP contribution in [0.15, 0.2) is 60.7 Å². The van der Waals surface area contributed by atoms with E-state index < -0.39 is 6.10 Å². The van der Waals surface area contributed by atoms with Gasteiger partial charge in [-0.05, 0) is 34.0 Å². The second-order valence-corrected chi connectivity index (χ2v) is 6.34. The molecule has 3 aromatic rings. The Morgan fingerprint density at radius 2 is 1.71 bits per heavy atom. The van der Waals surface area contributed by atoms with Crippen molar-refractivity contribution in [1.82, 2.24) is 10.6 Å². The van der Waals surface area contributed by atoms with Crippen molar-refractivity contribution in [2.45, 2.75) is 12.6 Å². The van der Waals surface area contributed by atoms with E-state index in [0.717, 1.165) is 21.9 Å². The molecule has 0 unspecified atom stereocenters. The van der Waals surface area contributed by atoms with E-state index in [-0.39, 0.29) is 12.6 Å². The van der Waals surface area contributed by atoms with Crippen molar-refractivity contribution < 1.29 is 19.4 Å². The Hall–Kier alpha value is -3.25. The van der Waals surface area contributed by atoms with Gasteiger partial charge in [-0.2, -0.15) is 0 Å². The number of carbonyl (C=O) groups is 1. The van der Waals surface area contributed by atoms with Gasteiger partial charge >= 0.3 is 6.03 Å². The molecule has 0 bridgehead atoms. The molecule has 2 amide bonds. The molecule has 0 saturated heterocycles. The molecular formula is C22H24N2O4. The molecule has 0 heterocycles. The Morgan fingerprint density at radius 1 is 0.964 bits per heavy atom. The van der Waals surface area contributed by atoms with Crippen LogP contribution in [0.3, 0.4) is 0 Å². The molecule has 0 fully saturated rings. The summed E-state index contributed by atoms with van der Waals surface area (Å²) in [5.41, 5.74) is 1.67. The second-order valence-electron chi connectivity index (χ2n) is 6.34. The van der Waals surface area contributed by atoms with E-state index in [1.165, 1.54) is 0 Å². The lowest BCUT2D eigenvalue weighted by Gasteiger charge is -2.15. The summed E-state index contributed by atoms with van der Waals surface area (Å²) in [5, 5.41) is 18.0. The Morgan fingerprint density at radius 3 is 2.50 bits per heavy atom. The van der Waals surface area contributed by atoms with Gasteiger partial charge in [0.1, 0.15) is 0 Å². The highest BCUT2D eigenvalue weighted by molar-refractivity contribution is 5.86. The average Bonchev–Trinajstić information content (AvgIpc) is 2.75. The number of ether oxygens (including phenoxy) is 2. The summed E-state index contributed by atoms with van der Waals surface area (Å²) in [6.45, 7) is 0.447. The number of carbonyl (C=O) groups excluding carboxylic acids is 1. The van der Waals surface area contributed by atoms with Crippen LogP contribution in [0.2, 0.25) is 0 Å². The highest BCUT2D eigenvalue weighted by Crippen LogP contribution is 2.27. The van der Waals surface area contributed by atoms with E-state index in [0.29, 0.717) is 18.0 Å². The number of rotatable bonds is 7. The number of benzene rings is 3. The molecule has 0 radical (unpaired) electrons. The fourth-order valence-electron chi connectivity index (χ4n) is 3.08. The van der Waals surface area contributed by atoms with Gasteiger partial charge in [0.25, 0.3) is 0 Å². The lowest BCUT2D eigenvalue weighted by molar-refractivity contribution is 0.174. The number of nitrogens with one attached hydrogen (secondary N) is 2. The smallest absolute Gasteiger partial charge is 0.315 e. The molecular weight excluding hydrogens is 356 g/mol. The third kappa shape index (κ3) is 4.53. The Labute approximate surface area is 164 Å². The maximum Gasteiger partial charge on any atom is 0.315 e. The normalized spacial score (nSPS) is 11.7. The summed E-state index contributed by atoms with van der Waals surface area (Å²) in [6.07, 6.45) is -0.794. The first kappa shape index (κ1) is 19.5. The first-order valence-electron chi connectivity index (χ1n) is 9.00. The van der Waals surface area contributed by atoms with Crippen LogP contribution in [0.4, 0.5) is 4.79 Å². The fraction of sp³-hybridized carbons (Fsp3) is 0.227. The van der Waals surface area contributed by atoms with Gasteiger partial charge < -0.3 is 25.2 Å². The number of aliphatic hydroxyl groups excluding tert-OH is 1. The molecule has 0 aliphatic carbocycles. The van der Waals surface area contributed by atoms with Gasteiger partial charge in [0.15, 0.2) is 11.5 Å². The third-order valence-corrected chi connectivity index (χ3v) is 4.54. The molecule has 0 saturated carbocycles. The van der Waals surface area contributed by atoms with Gasteiger partial charge in [-0.1, -0.05) is 48.5 Å². The molecule has 3 aromatic carbocycles. The Kier molecular flexibility index (Phi) is 6.34. The standard InChI is InChI=1S/C22H24N2O4/c1-27-20-11-10-15(12-21(20)28-2)13-23-22(26)24-14-19(25)18-9-5-7-16-6-3-4-8-17(16)18/h3-12,19,25H,13-14H2,1-2H3,(H2,23,24,26)/t19-/m0/s1. The minimum atomic E-state index is -0.794. The minimum absolute atomic E-state index is 0.117. The number of methoxy groups -OCH3 is 2. The van der Waals surface area contributed by atoms with Gasteiger partial charge in [0, 0.05) is 13.1 Å². The molecule has 0 aliphatic rings. The van der Waals surface area contributed by atoms with Crippen LogP contribution < -0.4 is 20.1 Å². The lowest BCUT2D eigenvalue weighted by atomic mass is 10.0. The maximum atomic E-state index is 12.1. The van der Waals surface area contributed by atoms with Crippen molar-refractivity contribution in [2.75, 3.05) is 20.8 Å². The first-order valence-corrected chi connectivity index (χ1v) is 9.00. The van der Waals surface area contributed by atoms with Crippen molar-refractivity contribution in [3.63, 3.8) is 0 Å². The molecule has 0 aliphatic heterocycles. The van der Waals surface area contributed by atoms with Crippen molar-refractivity contribution >= 4 is 16.8 Å². The van der Waals surface area contributed by atoms with E-state index in [2.05, 4.69) is 10.6 Å². The highest BCUT2D eigenvalue weighted by atomic mass is 16.5. The van der Waals surface area contributed by atoms with Crippen molar-refractivity contribution in [1.29, 1.82) is 0 Å². The van der Waals surface area contributed by atoms with E-state index in [9.17, 15) is 9.90 Å². The van der Waals surface area contributed by atoms with Crippen LogP contribution in [0.1, 0.15) is 17.2 Å². The summed E-state index contributed by atoms with van der Waals surface area (Å²) in [7, 11) is 3.14. The summed E-state index contributed by atoms with van der Waals surface area (Å²) in [4.78, 5) is 12.1. The SMILES string of the molecule is COc1ccc(CNC(=O)NC[C@H](O)c2cccc3ccccc23)cc1OC. The third-order valence-electron chi connectivity index (χ3n) is 4.54. The van der Waals surface area contributed by atoms with Crippen LogP contribution in [-0.2, 0) is 6.54 Å². The Balaban J connectivity index is 1.55. The molecule has 28 heavy (non-hydrogen) atoms. The van der Waals surface area contributed by atoms with Gasteiger partial charge in [-0.15, -0.1) is 0 Å². The first-order chi connectivity index (χ1) is 13.6. The monoisotopic (exact) mass is 380 g/mol. The Bertz CT molecular complexity index is 953. The summed E-state index contributed by atoms with van der Waals surface area (Å²) in [5.74, 6) is 1.24. The number of fused-ring (bicyclic) bond motifs is 1. The molecule has 3 rings (SSSR count). The van der Waals surface area contributed by atoms with Crippen LogP contribution in [0, 0.1) is 0 Å². The predicted octanol–water partition coefficient (Wildman–Crippen LogP) is 3.39. The molecule has 6 nitrogen and oxygen atoms in total. The maximum absolute atomic E-state index is 12.1. The molecule has 6 heteroatoms. The number of hydrogen-bond acceptors (Lipinski definition) is 4. The second kappa shape index (κ2) is 9.10. The van der Waals surface area contributed by atoms with Crippen molar-refractivity contribution in [2.24, 2.45) is 0 Å².